The molecule has 1 N–H and O–H groups in total. The van der Waals surface area contributed by atoms with E-state index in [0.717, 1.165) is 16.7 Å². The van der Waals surface area contributed by atoms with Crippen LogP contribution in [-0.4, -0.2) is 58.0 Å². The number of carbonyl (C=O) groups is 2. The van der Waals surface area contributed by atoms with Gasteiger partial charge in [-0.25, -0.2) is 8.42 Å². The third kappa shape index (κ3) is 5.20. The minimum atomic E-state index is -3.76. The Hall–Kier alpha value is -2.91. The van der Waals surface area contributed by atoms with Gasteiger partial charge in [0.2, 0.25) is 11.8 Å². The van der Waals surface area contributed by atoms with Crippen LogP contribution in [0.1, 0.15) is 29.5 Å². The van der Waals surface area contributed by atoms with Crippen LogP contribution in [0, 0.1) is 13.8 Å². The largest absolute Gasteiger partial charge is 0.378 e. The Labute approximate surface area is 194 Å². The summed E-state index contributed by atoms with van der Waals surface area (Å²) in [5.41, 5.74) is 3.98. The lowest BCUT2D eigenvalue weighted by Gasteiger charge is -2.27. The van der Waals surface area contributed by atoms with Gasteiger partial charge in [-0.05, 0) is 55.7 Å². The molecular formula is C24H29N3O5S. The molecule has 0 radical (unpaired) electrons. The number of amides is 2. The second-order valence-electron chi connectivity index (χ2n) is 8.50. The number of nitrogens with zero attached hydrogens (tertiary/aromatic N) is 2. The van der Waals surface area contributed by atoms with Crippen molar-refractivity contribution in [3.05, 3.63) is 53.1 Å². The second-order valence-corrected chi connectivity index (χ2v) is 10.2. The molecule has 4 rings (SSSR count). The first-order chi connectivity index (χ1) is 15.7. The number of fused-ring (bicyclic) bond motifs is 1. The van der Waals surface area contributed by atoms with Gasteiger partial charge in [-0.15, -0.1) is 0 Å². The Morgan fingerprint density at radius 2 is 1.70 bits per heavy atom. The number of benzene rings is 2. The zero-order valence-corrected chi connectivity index (χ0v) is 19.8. The zero-order chi connectivity index (χ0) is 23.6. The molecule has 0 unspecified atom stereocenters. The van der Waals surface area contributed by atoms with Gasteiger partial charge in [0.05, 0.1) is 23.8 Å². The third-order valence-electron chi connectivity index (χ3n) is 6.10. The lowest BCUT2D eigenvalue weighted by Crippen LogP contribution is -2.41. The van der Waals surface area contributed by atoms with Crippen molar-refractivity contribution >= 4 is 33.2 Å². The number of sulfonamides is 1. The van der Waals surface area contributed by atoms with E-state index in [4.69, 9.17) is 4.74 Å². The Kier molecular flexibility index (Phi) is 6.71. The molecule has 2 heterocycles. The van der Waals surface area contributed by atoms with Gasteiger partial charge in [-0.1, -0.05) is 17.7 Å². The summed E-state index contributed by atoms with van der Waals surface area (Å²) in [5.74, 6) is -0.163. The van der Waals surface area contributed by atoms with E-state index >= 15 is 0 Å². The van der Waals surface area contributed by atoms with E-state index in [-0.39, 0.29) is 29.6 Å². The van der Waals surface area contributed by atoms with Crippen molar-refractivity contribution in [3.63, 3.8) is 0 Å². The van der Waals surface area contributed by atoms with Crippen molar-refractivity contribution in [2.45, 2.75) is 38.0 Å². The fourth-order valence-corrected chi connectivity index (χ4v) is 5.44. The zero-order valence-electron chi connectivity index (χ0n) is 19.0. The van der Waals surface area contributed by atoms with Crippen LogP contribution in [-0.2, 0) is 30.8 Å². The molecule has 9 heteroatoms. The molecule has 33 heavy (non-hydrogen) atoms. The molecule has 2 aliphatic heterocycles. The minimum Gasteiger partial charge on any atom is -0.378 e. The van der Waals surface area contributed by atoms with Crippen LogP contribution >= 0.6 is 0 Å². The minimum absolute atomic E-state index is 0.0371. The number of ether oxygens (including phenoxy) is 1. The topological polar surface area (TPSA) is 96.0 Å². The number of hydrogen-bond acceptors (Lipinski definition) is 5. The normalized spacial score (nSPS) is 15.9. The fourth-order valence-electron chi connectivity index (χ4n) is 4.26. The van der Waals surface area contributed by atoms with Crippen LogP contribution in [0.15, 0.2) is 41.3 Å². The molecule has 0 bridgehead atoms. The molecule has 8 nitrogen and oxygen atoms in total. The molecule has 2 aliphatic rings. The molecule has 176 valence electrons. The van der Waals surface area contributed by atoms with Crippen molar-refractivity contribution in [3.8, 4) is 0 Å². The Balaban J connectivity index is 1.42. The standard InChI is InChI=1S/C24H29N3O5S/c1-17-3-5-21(18(2)15-17)25-33(30,31)20-4-6-22-19(16-20)9-10-27(22)24(29)8-7-23(28)26-11-13-32-14-12-26/h3-6,15-16,25H,7-14H2,1-2H3. The Morgan fingerprint density at radius 1 is 0.970 bits per heavy atom. The van der Waals surface area contributed by atoms with Gasteiger partial charge in [0, 0.05) is 38.2 Å². The SMILES string of the molecule is Cc1ccc(NS(=O)(=O)c2ccc3c(c2)CCN3C(=O)CCC(=O)N2CCOCC2)c(C)c1. The van der Waals surface area contributed by atoms with E-state index in [1.54, 1.807) is 28.0 Å². The van der Waals surface area contributed by atoms with Gasteiger partial charge < -0.3 is 14.5 Å². The average Bonchev–Trinajstić information content (AvgIpc) is 3.23. The smallest absolute Gasteiger partial charge is 0.261 e. The molecular weight excluding hydrogens is 442 g/mol. The molecule has 2 aromatic carbocycles. The number of nitrogens with one attached hydrogen (secondary N) is 1. The summed E-state index contributed by atoms with van der Waals surface area (Å²) in [4.78, 5) is 28.7. The molecule has 2 aromatic rings. The highest BCUT2D eigenvalue weighted by atomic mass is 32.2. The van der Waals surface area contributed by atoms with Gasteiger partial charge in [0.25, 0.3) is 10.0 Å². The molecule has 0 aliphatic carbocycles. The van der Waals surface area contributed by atoms with Crippen LogP contribution in [0.25, 0.3) is 0 Å². The van der Waals surface area contributed by atoms with Crippen LogP contribution in [0.4, 0.5) is 11.4 Å². The number of morpholine rings is 1. The maximum Gasteiger partial charge on any atom is 0.261 e. The molecule has 0 atom stereocenters. The first-order valence-electron chi connectivity index (χ1n) is 11.1. The maximum absolute atomic E-state index is 12.9. The van der Waals surface area contributed by atoms with Crippen LogP contribution in [0.2, 0.25) is 0 Å². The van der Waals surface area contributed by atoms with Crippen LogP contribution in [0.5, 0.6) is 0 Å². The molecule has 2 amide bonds. The highest BCUT2D eigenvalue weighted by Crippen LogP contribution is 2.32. The third-order valence-corrected chi connectivity index (χ3v) is 7.46. The summed E-state index contributed by atoms with van der Waals surface area (Å²) >= 11 is 0. The molecule has 1 saturated heterocycles. The van der Waals surface area contributed by atoms with Crippen LogP contribution in [0.3, 0.4) is 0 Å². The van der Waals surface area contributed by atoms with Crippen molar-refractivity contribution in [2.24, 2.45) is 0 Å². The molecule has 0 aromatic heterocycles. The van der Waals surface area contributed by atoms with E-state index in [1.807, 2.05) is 26.0 Å². The summed E-state index contributed by atoms with van der Waals surface area (Å²) in [6.45, 7) is 6.48. The predicted octanol–water partition coefficient (Wildman–Crippen LogP) is 2.63. The second kappa shape index (κ2) is 9.52. The number of carbonyl (C=O) groups excluding carboxylic acids is 2. The van der Waals surface area contributed by atoms with Crippen molar-refractivity contribution in [2.75, 3.05) is 42.5 Å². The Morgan fingerprint density at radius 3 is 2.42 bits per heavy atom. The summed E-state index contributed by atoms with van der Waals surface area (Å²) in [5, 5.41) is 0. The van der Waals surface area contributed by atoms with Crippen molar-refractivity contribution in [1.29, 1.82) is 0 Å². The van der Waals surface area contributed by atoms with Gasteiger partial charge in [-0.2, -0.15) is 0 Å². The average molecular weight is 472 g/mol. The lowest BCUT2D eigenvalue weighted by molar-refractivity contribution is -0.136. The number of aryl methyl sites for hydroxylation is 2. The number of anilines is 2. The molecule has 0 saturated carbocycles. The van der Waals surface area contributed by atoms with E-state index in [9.17, 15) is 18.0 Å². The van der Waals surface area contributed by atoms with E-state index in [2.05, 4.69) is 4.72 Å². The summed E-state index contributed by atoms with van der Waals surface area (Å²) in [6.07, 6.45) is 0.867. The van der Waals surface area contributed by atoms with E-state index in [0.29, 0.717) is 50.6 Å². The van der Waals surface area contributed by atoms with E-state index < -0.39 is 10.0 Å². The first kappa shape index (κ1) is 23.3. The quantitative estimate of drug-likeness (QED) is 0.699. The first-order valence-corrected chi connectivity index (χ1v) is 12.6. The highest BCUT2D eigenvalue weighted by Gasteiger charge is 2.28. The van der Waals surface area contributed by atoms with Gasteiger partial charge in [-0.3, -0.25) is 14.3 Å². The molecule has 0 spiro atoms. The Bertz CT molecular complexity index is 1170. The summed E-state index contributed by atoms with van der Waals surface area (Å²) in [6, 6.07) is 10.4. The summed E-state index contributed by atoms with van der Waals surface area (Å²) in [7, 11) is -3.76. The van der Waals surface area contributed by atoms with Crippen molar-refractivity contribution < 1.29 is 22.7 Å². The molecule has 1 fully saturated rings. The number of rotatable bonds is 6. The van der Waals surface area contributed by atoms with Crippen molar-refractivity contribution in [1.82, 2.24) is 4.90 Å². The maximum atomic E-state index is 12.9. The van der Waals surface area contributed by atoms with Gasteiger partial charge in [0.1, 0.15) is 0 Å². The fraction of sp³-hybridized carbons (Fsp3) is 0.417. The lowest BCUT2D eigenvalue weighted by atomic mass is 10.1. The highest BCUT2D eigenvalue weighted by molar-refractivity contribution is 7.92. The van der Waals surface area contributed by atoms with Gasteiger partial charge >= 0.3 is 0 Å². The van der Waals surface area contributed by atoms with Crippen LogP contribution < -0.4 is 9.62 Å². The van der Waals surface area contributed by atoms with E-state index in [1.165, 1.54) is 6.07 Å². The predicted molar refractivity (Wildman–Crippen MR) is 126 cm³/mol. The van der Waals surface area contributed by atoms with Gasteiger partial charge in [0.15, 0.2) is 0 Å². The monoisotopic (exact) mass is 471 g/mol. The number of hydrogen-bond donors (Lipinski definition) is 1. The summed E-state index contributed by atoms with van der Waals surface area (Å²) < 4.78 is 33.8.